The summed E-state index contributed by atoms with van der Waals surface area (Å²) in [6, 6.07) is 6.75. The maximum atomic E-state index is 11.7. The second-order valence-corrected chi connectivity index (χ2v) is 7.36. The molecule has 0 aliphatic heterocycles. The molecule has 0 fully saturated rings. The molecular formula is C16H25N3O3S. The lowest BCUT2D eigenvalue weighted by atomic mass is 10.2. The lowest BCUT2D eigenvalue weighted by Gasteiger charge is -2.20. The highest BCUT2D eigenvalue weighted by Crippen LogP contribution is 2.11. The molecule has 7 heteroatoms. The SMILES string of the molecule is CNS(=O)(=O)c1ccc(C=CC(=O)NCCN(C)C(C)C)cc1. The maximum Gasteiger partial charge on any atom is 0.244 e. The molecule has 0 saturated heterocycles. The van der Waals surface area contributed by atoms with Crippen molar-refractivity contribution in [3.63, 3.8) is 0 Å². The van der Waals surface area contributed by atoms with Crippen molar-refractivity contribution in [3.8, 4) is 0 Å². The molecule has 0 unspecified atom stereocenters. The molecule has 128 valence electrons. The number of hydrogen-bond donors (Lipinski definition) is 2. The summed E-state index contributed by atoms with van der Waals surface area (Å²) in [5.74, 6) is -0.172. The van der Waals surface area contributed by atoms with E-state index < -0.39 is 10.0 Å². The van der Waals surface area contributed by atoms with Crippen LogP contribution in [-0.2, 0) is 14.8 Å². The first-order valence-electron chi connectivity index (χ1n) is 7.46. The highest BCUT2D eigenvalue weighted by molar-refractivity contribution is 7.89. The van der Waals surface area contributed by atoms with Gasteiger partial charge in [0.25, 0.3) is 0 Å². The molecule has 0 aliphatic carbocycles. The fourth-order valence-electron chi connectivity index (χ4n) is 1.72. The van der Waals surface area contributed by atoms with Gasteiger partial charge in [-0.15, -0.1) is 0 Å². The van der Waals surface area contributed by atoms with E-state index in [9.17, 15) is 13.2 Å². The number of rotatable bonds is 8. The van der Waals surface area contributed by atoms with Gasteiger partial charge in [0.15, 0.2) is 0 Å². The highest BCUT2D eigenvalue weighted by Gasteiger charge is 2.09. The summed E-state index contributed by atoms with van der Waals surface area (Å²) < 4.78 is 25.5. The maximum absolute atomic E-state index is 11.7. The van der Waals surface area contributed by atoms with E-state index in [1.165, 1.54) is 25.3 Å². The Morgan fingerprint density at radius 2 is 1.87 bits per heavy atom. The van der Waals surface area contributed by atoms with E-state index in [1.54, 1.807) is 18.2 Å². The Kier molecular flexibility index (Phi) is 7.41. The van der Waals surface area contributed by atoms with Gasteiger partial charge in [-0.25, -0.2) is 13.1 Å². The predicted octanol–water partition coefficient (Wildman–Crippen LogP) is 1.06. The van der Waals surface area contributed by atoms with Gasteiger partial charge in [-0.2, -0.15) is 0 Å². The molecule has 1 aromatic carbocycles. The van der Waals surface area contributed by atoms with E-state index in [4.69, 9.17) is 0 Å². The zero-order chi connectivity index (χ0) is 17.5. The number of carbonyl (C=O) groups is 1. The fourth-order valence-corrected chi connectivity index (χ4v) is 2.45. The number of carbonyl (C=O) groups excluding carboxylic acids is 1. The van der Waals surface area contributed by atoms with Crippen LogP contribution in [0.15, 0.2) is 35.2 Å². The molecule has 0 spiro atoms. The first kappa shape index (κ1) is 19.3. The molecule has 1 aromatic rings. The Hall–Kier alpha value is -1.70. The van der Waals surface area contributed by atoms with E-state index in [0.29, 0.717) is 12.6 Å². The van der Waals surface area contributed by atoms with Crippen LogP contribution in [0, 0.1) is 0 Å². The van der Waals surface area contributed by atoms with Crippen LogP contribution in [0.4, 0.5) is 0 Å². The molecule has 0 radical (unpaired) electrons. The second kappa shape index (κ2) is 8.81. The molecule has 23 heavy (non-hydrogen) atoms. The summed E-state index contributed by atoms with van der Waals surface area (Å²) in [5, 5.41) is 2.81. The van der Waals surface area contributed by atoms with Crippen molar-refractivity contribution in [2.75, 3.05) is 27.2 Å². The lowest BCUT2D eigenvalue weighted by molar-refractivity contribution is -0.116. The van der Waals surface area contributed by atoms with Gasteiger partial charge in [0, 0.05) is 25.2 Å². The topological polar surface area (TPSA) is 78.5 Å². The van der Waals surface area contributed by atoms with E-state index in [1.807, 2.05) is 7.05 Å². The van der Waals surface area contributed by atoms with Gasteiger partial charge >= 0.3 is 0 Å². The average molecular weight is 339 g/mol. The Balaban J connectivity index is 2.52. The van der Waals surface area contributed by atoms with Crippen LogP contribution in [0.1, 0.15) is 19.4 Å². The van der Waals surface area contributed by atoms with Crippen molar-refractivity contribution in [2.45, 2.75) is 24.8 Å². The van der Waals surface area contributed by atoms with Crippen LogP contribution >= 0.6 is 0 Å². The number of nitrogens with zero attached hydrogens (tertiary/aromatic N) is 1. The van der Waals surface area contributed by atoms with Crippen LogP contribution < -0.4 is 10.0 Å². The minimum atomic E-state index is -3.43. The summed E-state index contributed by atoms with van der Waals surface area (Å²) in [6.45, 7) is 5.56. The van der Waals surface area contributed by atoms with Crippen LogP contribution in [0.25, 0.3) is 6.08 Å². The lowest BCUT2D eigenvalue weighted by Crippen LogP contribution is -2.35. The summed E-state index contributed by atoms with van der Waals surface area (Å²) in [4.78, 5) is 14.1. The monoisotopic (exact) mass is 339 g/mol. The third-order valence-electron chi connectivity index (χ3n) is 3.53. The van der Waals surface area contributed by atoms with Gasteiger partial charge in [0.1, 0.15) is 0 Å². The summed E-state index contributed by atoms with van der Waals surface area (Å²) in [5.41, 5.74) is 0.759. The molecule has 0 heterocycles. The van der Waals surface area contributed by atoms with Crippen molar-refractivity contribution in [2.24, 2.45) is 0 Å². The van der Waals surface area contributed by atoms with E-state index in [0.717, 1.165) is 12.1 Å². The summed E-state index contributed by atoms with van der Waals surface area (Å²) in [7, 11) is -0.0589. The van der Waals surface area contributed by atoms with Crippen LogP contribution in [0.3, 0.4) is 0 Å². The second-order valence-electron chi connectivity index (χ2n) is 5.48. The smallest absolute Gasteiger partial charge is 0.244 e. The Morgan fingerprint density at radius 1 is 1.26 bits per heavy atom. The van der Waals surface area contributed by atoms with Gasteiger partial charge in [0.2, 0.25) is 15.9 Å². The van der Waals surface area contributed by atoms with Gasteiger partial charge in [-0.3, -0.25) is 4.79 Å². The first-order valence-corrected chi connectivity index (χ1v) is 8.94. The summed E-state index contributed by atoms with van der Waals surface area (Å²) in [6.07, 6.45) is 3.09. The number of likely N-dealkylation sites (N-methyl/N-ethyl adjacent to an activating group) is 1. The molecule has 0 aliphatic rings. The molecule has 0 atom stereocenters. The zero-order valence-electron chi connectivity index (χ0n) is 14.0. The van der Waals surface area contributed by atoms with Gasteiger partial charge in [-0.1, -0.05) is 12.1 Å². The fraction of sp³-hybridized carbons (Fsp3) is 0.438. The molecule has 2 N–H and O–H groups in total. The molecule has 1 amide bonds. The van der Waals surface area contributed by atoms with E-state index >= 15 is 0 Å². The molecule has 1 rings (SSSR count). The van der Waals surface area contributed by atoms with Crippen molar-refractivity contribution >= 4 is 22.0 Å². The normalized spacial score (nSPS) is 12.3. The largest absolute Gasteiger partial charge is 0.351 e. The average Bonchev–Trinajstić information content (AvgIpc) is 2.53. The van der Waals surface area contributed by atoms with E-state index in [2.05, 4.69) is 28.8 Å². The Bertz CT molecular complexity index is 637. The van der Waals surface area contributed by atoms with Crippen molar-refractivity contribution in [3.05, 3.63) is 35.9 Å². The third kappa shape index (κ3) is 6.52. The van der Waals surface area contributed by atoms with Crippen molar-refractivity contribution < 1.29 is 13.2 Å². The molecular weight excluding hydrogens is 314 g/mol. The van der Waals surface area contributed by atoms with Crippen molar-refractivity contribution in [1.82, 2.24) is 14.9 Å². The highest BCUT2D eigenvalue weighted by atomic mass is 32.2. The minimum absolute atomic E-state index is 0.172. The first-order chi connectivity index (χ1) is 10.8. The molecule has 0 aromatic heterocycles. The third-order valence-corrected chi connectivity index (χ3v) is 4.96. The molecule has 6 nitrogen and oxygen atoms in total. The Morgan fingerprint density at radius 3 is 2.39 bits per heavy atom. The Labute approximate surface area is 138 Å². The van der Waals surface area contributed by atoms with Crippen molar-refractivity contribution in [1.29, 1.82) is 0 Å². The van der Waals surface area contributed by atoms with Crippen LogP contribution in [-0.4, -0.2) is 52.5 Å². The minimum Gasteiger partial charge on any atom is -0.351 e. The standard InChI is InChI=1S/C16H25N3O3S/c1-13(2)19(4)12-11-18-16(20)10-7-14-5-8-15(9-6-14)23(21,22)17-3/h5-10,13,17H,11-12H2,1-4H3,(H,18,20). The molecule has 0 saturated carbocycles. The number of nitrogens with one attached hydrogen (secondary N) is 2. The van der Waals surface area contributed by atoms with Crippen LogP contribution in [0.5, 0.6) is 0 Å². The van der Waals surface area contributed by atoms with Gasteiger partial charge in [-0.05, 0) is 51.7 Å². The zero-order valence-corrected chi connectivity index (χ0v) is 14.9. The predicted molar refractivity (Wildman–Crippen MR) is 92.5 cm³/mol. The van der Waals surface area contributed by atoms with Gasteiger partial charge < -0.3 is 10.2 Å². The number of amides is 1. The molecule has 0 bridgehead atoms. The summed E-state index contributed by atoms with van der Waals surface area (Å²) >= 11 is 0. The van der Waals surface area contributed by atoms with Crippen LogP contribution in [0.2, 0.25) is 0 Å². The quantitative estimate of drug-likeness (QED) is 0.694. The van der Waals surface area contributed by atoms with Gasteiger partial charge in [0.05, 0.1) is 4.90 Å². The number of sulfonamides is 1. The number of benzene rings is 1. The van der Waals surface area contributed by atoms with E-state index in [-0.39, 0.29) is 10.8 Å². The number of hydrogen-bond acceptors (Lipinski definition) is 4.